The predicted octanol–water partition coefficient (Wildman–Crippen LogP) is 7.47. The van der Waals surface area contributed by atoms with Crippen molar-refractivity contribution in [1.82, 2.24) is 14.7 Å². The third-order valence-corrected chi connectivity index (χ3v) is 9.86. The number of urea groups is 1. The first kappa shape index (κ1) is 30.1. The van der Waals surface area contributed by atoms with Gasteiger partial charge in [-0.3, -0.25) is 10.1 Å². The molecule has 2 saturated heterocycles. The summed E-state index contributed by atoms with van der Waals surface area (Å²) in [5.74, 6) is 1.40. The van der Waals surface area contributed by atoms with Crippen molar-refractivity contribution in [3.63, 3.8) is 0 Å². The van der Waals surface area contributed by atoms with E-state index < -0.39 is 0 Å². The van der Waals surface area contributed by atoms with Gasteiger partial charge in [-0.25, -0.2) is 9.48 Å². The lowest BCUT2D eigenvalue weighted by Crippen LogP contribution is -2.52. The summed E-state index contributed by atoms with van der Waals surface area (Å²) < 4.78 is 1.79. The van der Waals surface area contributed by atoms with Gasteiger partial charge in [0, 0.05) is 41.4 Å². The summed E-state index contributed by atoms with van der Waals surface area (Å²) in [6, 6.07) is 26.6. The summed E-state index contributed by atoms with van der Waals surface area (Å²) in [5, 5.41) is 14.4. The number of piperidine rings is 1. The van der Waals surface area contributed by atoms with Crippen molar-refractivity contribution >= 4 is 29.1 Å². The average Bonchev–Trinajstić information content (AvgIpc) is 3.71. The number of nitrogens with zero attached hydrogens (tertiary/aromatic N) is 3. The minimum Gasteiger partial charge on any atom is -0.373 e. The quantitative estimate of drug-likeness (QED) is 0.210. The van der Waals surface area contributed by atoms with E-state index in [9.17, 15) is 9.59 Å². The highest BCUT2D eigenvalue weighted by Gasteiger charge is 2.45. The molecule has 0 aliphatic carbocycles. The minimum absolute atomic E-state index is 0.151. The van der Waals surface area contributed by atoms with Crippen LogP contribution in [0.4, 0.5) is 22.0 Å². The van der Waals surface area contributed by atoms with E-state index in [1.807, 2.05) is 54.6 Å². The van der Waals surface area contributed by atoms with Crippen LogP contribution >= 0.6 is 0 Å². The molecule has 3 aromatic carbocycles. The summed E-state index contributed by atoms with van der Waals surface area (Å²) in [4.78, 5) is 29.1. The summed E-state index contributed by atoms with van der Waals surface area (Å²) >= 11 is 0. The lowest BCUT2D eigenvalue weighted by molar-refractivity contribution is -0.137. The fourth-order valence-corrected chi connectivity index (χ4v) is 7.55. The number of fused-ring (bicyclic) bond motifs is 3. The molecule has 238 valence electrons. The van der Waals surface area contributed by atoms with Crippen LogP contribution in [0.1, 0.15) is 68.8 Å². The van der Waals surface area contributed by atoms with Crippen molar-refractivity contribution in [3.8, 4) is 5.69 Å². The Bertz CT molecular complexity index is 1710. The standard InChI is InChI=1S/C38H44N6O2/c1-24-12-14-29(15-13-24)44-35(23-34(42-44)38(2,3)4)41-37(46)39-28-10-7-8-25(19-28)18-26-20-30-16-17-31(21-26)43(30)36(45)33-22-27-9-5-6-11-32(27)40-33/h5-15,19,23,26,30-31,33,40H,16-18,20-22H2,1-4H3,(H2,39,41,46). The molecule has 0 spiro atoms. The van der Waals surface area contributed by atoms with Gasteiger partial charge in [-0.15, -0.1) is 0 Å². The lowest BCUT2D eigenvalue weighted by Gasteiger charge is -2.40. The minimum atomic E-state index is -0.307. The summed E-state index contributed by atoms with van der Waals surface area (Å²) in [6.07, 6.45) is 5.94. The fourth-order valence-electron chi connectivity index (χ4n) is 7.55. The number of carbonyl (C=O) groups excluding carboxylic acids is 2. The second kappa shape index (κ2) is 12.0. The maximum absolute atomic E-state index is 13.7. The number of aryl methyl sites for hydroxylation is 1. The average molecular weight is 617 g/mol. The number of hydrogen-bond acceptors (Lipinski definition) is 4. The summed E-state index contributed by atoms with van der Waals surface area (Å²) in [7, 11) is 0. The Morgan fingerprint density at radius 3 is 2.37 bits per heavy atom. The van der Waals surface area contributed by atoms with E-state index in [0.717, 1.165) is 61.3 Å². The van der Waals surface area contributed by atoms with E-state index in [-0.39, 0.29) is 23.4 Å². The normalized spacial score (nSPS) is 21.9. The number of carbonyl (C=O) groups is 2. The Morgan fingerprint density at radius 2 is 1.65 bits per heavy atom. The van der Waals surface area contributed by atoms with Gasteiger partial charge in [0.15, 0.2) is 0 Å². The Hall–Kier alpha value is -4.59. The highest BCUT2D eigenvalue weighted by atomic mass is 16.2. The first-order chi connectivity index (χ1) is 22.1. The molecule has 3 amide bonds. The van der Waals surface area contributed by atoms with E-state index in [1.54, 1.807) is 4.68 Å². The van der Waals surface area contributed by atoms with Gasteiger partial charge in [-0.1, -0.05) is 68.8 Å². The molecule has 7 rings (SSSR count). The van der Waals surface area contributed by atoms with Crippen LogP contribution in [-0.2, 0) is 23.1 Å². The molecule has 3 aliphatic heterocycles. The topological polar surface area (TPSA) is 91.3 Å². The van der Waals surface area contributed by atoms with Gasteiger partial charge in [0.2, 0.25) is 5.91 Å². The van der Waals surface area contributed by atoms with Crippen molar-refractivity contribution in [2.24, 2.45) is 5.92 Å². The van der Waals surface area contributed by atoms with E-state index in [2.05, 4.69) is 72.8 Å². The zero-order valence-electron chi connectivity index (χ0n) is 27.2. The van der Waals surface area contributed by atoms with Crippen molar-refractivity contribution in [1.29, 1.82) is 0 Å². The third-order valence-electron chi connectivity index (χ3n) is 9.86. The molecule has 3 aliphatic rings. The van der Waals surface area contributed by atoms with Gasteiger partial charge in [0.1, 0.15) is 11.9 Å². The predicted molar refractivity (Wildman–Crippen MR) is 184 cm³/mol. The zero-order chi connectivity index (χ0) is 32.0. The summed E-state index contributed by atoms with van der Waals surface area (Å²) in [6.45, 7) is 8.40. The maximum Gasteiger partial charge on any atom is 0.324 e. The molecule has 0 radical (unpaired) electrons. The number of amides is 3. The number of para-hydroxylation sites is 1. The Morgan fingerprint density at radius 1 is 0.913 bits per heavy atom. The van der Waals surface area contributed by atoms with E-state index in [4.69, 9.17) is 5.10 Å². The molecule has 0 saturated carbocycles. The SMILES string of the molecule is Cc1ccc(-n2nc(C(C)(C)C)cc2NC(=O)Nc2cccc(CC3CC4CCC(C3)N4C(=O)C3Cc4ccccc4N3)c2)cc1. The number of hydrogen-bond donors (Lipinski definition) is 3. The highest BCUT2D eigenvalue weighted by molar-refractivity contribution is 5.99. The van der Waals surface area contributed by atoms with Crippen LogP contribution in [0.25, 0.3) is 5.69 Å². The van der Waals surface area contributed by atoms with E-state index in [0.29, 0.717) is 23.8 Å². The molecule has 4 heterocycles. The van der Waals surface area contributed by atoms with Gasteiger partial charge < -0.3 is 15.5 Å². The summed E-state index contributed by atoms with van der Waals surface area (Å²) in [5.41, 5.74) is 7.08. The van der Waals surface area contributed by atoms with E-state index >= 15 is 0 Å². The van der Waals surface area contributed by atoms with Crippen LogP contribution < -0.4 is 16.0 Å². The van der Waals surface area contributed by atoms with Crippen LogP contribution in [0.2, 0.25) is 0 Å². The van der Waals surface area contributed by atoms with Crippen LogP contribution in [-0.4, -0.2) is 44.7 Å². The molecule has 2 fully saturated rings. The first-order valence-corrected chi connectivity index (χ1v) is 16.6. The number of anilines is 3. The number of aromatic nitrogens is 2. The van der Waals surface area contributed by atoms with Crippen LogP contribution in [0.15, 0.2) is 78.9 Å². The van der Waals surface area contributed by atoms with Crippen LogP contribution in [0.3, 0.4) is 0 Å². The van der Waals surface area contributed by atoms with Crippen LogP contribution in [0, 0.1) is 12.8 Å². The van der Waals surface area contributed by atoms with Crippen molar-refractivity contribution < 1.29 is 9.59 Å². The van der Waals surface area contributed by atoms with Gasteiger partial charge in [0.25, 0.3) is 0 Å². The molecular formula is C38H44N6O2. The lowest BCUT2D eigenvalue weighted by atomic mass is 9.85. The molecule has 2 bridgehead atoms. The fraction of sp³-hybridized carbons (Fsp3) is 0.395. The highest BCUT2D eigenvalue weighted by Crippen LogP contribution is 2.41. The molecule has 8 heteroatoms. The Balaban J connectivity index is 0.985. The molecule has 3 N–H and O–H groups in total. The largest absolute Gasteiger partial charge is 0.373 e. The Kier molecular flexibility index (Phi) is 7.83. The molecule has 46 heavy (non-hydrogen) atoms. The third kappa shape index (κ3) is 6.13. The zero-order valence-corrected chi connectivity index (χ0v) is 27.2. The molecule has 8 nitrogen and oxygen atoms in total. The maximum atomic E-state index is 13.7. The monoisotopic (exact) mass is 616 g/mol. The van der Waals surface area contributed by atoms with E-state index in [1.165, 1.54) is 16.7 Å². The molecular weight excluding hydrogens is 572 g/mol. The van der Waals surface area contributed by atoms with Crippen molar-refractivity contribution in [3.05, 3.63) is 101 Å². The van der Waals surface area contributed by atoms with Crippen LogP contribution in [0.5, 0.6) is 0 Å². The number of benzene rings is 3. The molecule has 3 unspecified atom stereocenters. The molecule has 1 aromatic heterocycles. The second-order valence-corrected chi connectivity index (χ2v) is 14.4. The van der Waals surface area contributed by atoms with Gasteiger partial charge >= 0.3 is 6.03 Å². The molecule has 4 aromatic rings. The molecule has 3 atom stereocenters. The second-order valence-electron chi connectivity index (χ2n) is 14.4. The first-order valence-electron chi connectivity index (χ1n) is 16.6. The van der Waals surface area contributed by atoms with Gasteiger partial charge in [-0.2, -0.15) is 5.10 Å². The number of nitrogens with one attached hydrogen (secondary N) is 3. The van der Waals surface area contributed by atoms with Gasteiger partial charge in [0.05, 0.1) is 11.4 Å². The smallest absolute Gasteiger partial charge is 0.324 e. The number of rotatable bonds is 6. The van der Waals surface area contributed by atoms with Crippen molar-refractivity contribution in [2.75, 3.05) is 16.0 Å². The van der Waals surface area contributed by atoms with Crippen molar-refractivity contribution in [2.45, 2.75) is 89.8 Å². The Labute approximate surface area is 271 Å². The van der Waals surface area contributed by atoms with Gasteiger partial charge in [-0.05, 0) is 86.4 Å².